The summed E-state index contributed by atoms with van der Waals surface area (Å²) < 4.78 is 13.1. The number of rotatable bonds is 4. The molecule has 3 heterocycles. The fraction of sp³-hybridized carbons (Fsp3) is 0.318. The molecule has 0 bridgehead atoms. The largest absolute Gasteiger partial charge is 0.494 e. The van der Waals surface area contributed by atoms with E-state index in [4.69, 9.17) is 9.15 Å². The number of furan rings is 1. The van der Waals surface area contributed by atoms with E-state index in [1.54, 1.807) is 6.26 Å². The molecule has 0 saturated heterocycles. The molecule has 1 aromatic carbocycles. The molecule has 5 rings (SSSR count). The number of nitrogens with zero attached hydrogens (tertiary/aromatic N) is 3. The Kier molecular flexibility index (Phi) is 4.23. The summed E-state index contributed by atoms with van der Waals surface area (Å²) in [5.74, 6) is 3.06. The van der Waals surface area contributed by atoms with Crippen LogP contribution in [0.1, 0.15) is 48.9 Å². The van der Waals surface area contributed by atoms with E-state index in [9.17, 15) is 4.79 Å². The summed E-state index contributed by atoms with van der Waals surface area (Å²) in [6.07, 6.45) is 2.76. The van der Waals surface area contributed by atoms with Crippen molar-refractivity contribution in [2.75, 3.05) is 11.9 Å². The minimum atomic E-state index is -0.326. The molecule has 0 fully saturated rings. The van der Waals surface area contributed by atoms with Crippen LogP contribution < -0.4 is 10.1 Å². The lowest BCUT2D eigenvalue weighted by Gasteiger charge is -2.34. The first-order valence-corrected chi connectivity index (χ1v) is 9.86. The summed E-state index contributed by atoms with van der Waals surface area (Å²) in [6.45, 7) is 4.39. The number of hydrogen-bond acceptors (Lipinski definition) is 6. The highest BCUT2D eigenvalue weighted by Crippen LogP contribution is 2.44. The molecule has 1 aliphatic carbocycles. The monoisotopic (exact) mass is 390 g/mol. The van der Waals surface area contributed by atoms with Crippen LogP contribution >= 0.6 is 0 Å². The van der Waals surface area contributed by atoms with E-state index in [1.165, 1.54) is 0 Å². The molecule has 7 heteroatoms. The van der Waals surface area contributed by atoms with Gasteiger partial charge in [0.15, 0.2) is 5.78 Å². The third-order valence-electron chi connectivity index (χ3n) is 5.46. The van der Waals surface area contributed by atoms with Gasteiger partial charge >= 0.3 is 0 Å². The first kappa shape index (κ1) is 17.7. The summed E-state index contributed by atoms with van der Waals surface area (Å²) in [6, 6.07) is 11.3. The number of aromatic nitrogens is 3. The fourth-order valence-electron chi connectivity index (χ4n) is 4.29. The molecule has 2 aliphatic rings. The van der Waals surface area contributed by atoms with Crippen molar-refractivity contribution in [2.45, 2.75) is 38.6 Å². The molecule has 2 aromatic heterocycles. The molecule has 7 nitrogen and oxygen atoms in total. The predicted octanol–water partition coefficient (Wildman–Crippen LogP) is 3.99. The standard InChI is InChI=1S/C22H22N4O3/c1-3-28-16-7-4-6-14(10-16)21-20-17(24-22-23-13(2)25-26(21)22)11-15(12-18(20)27)19-8-5-9-29-19/h4-10,15,21H,3,11-12H2,1-2H3,(H,23,24,25)/t15-,21+/m0/s1. The highest BCUT2D eigenvalue weighted by atomic mass is 16.5. The average Bonchev–Trinajstić information content (AvgIpc) is 3.35. The Bertz CT molecular complexity index is 1100. The van der Waals surface area contributed by atoms with Crippen molar-refractivity contribution in [1.29, 1.82) is 0 Å². The molecule has 0 amide bonds. The van der Waals surface area contributed by atoms with Gasteiger partial charge in [-0.25, -0.2) is 4.68 Å². The van der Waals surface area contributed by atoms with Crippen LogP contribution in [-0.4, -0.2) is 27.2 Å². The zero-order valence-electron chi connectivity index (χ0n) is 16.4. The van der Waals surface area contributed by atoms with E-state index in [0.717, 1.165) is 28.3 Å². The van der Waals surface area contributed by atoms with E-state index < -0.39 is 0 Å². The minimum absolute atomic E-state index is 0.0229. The highest BCUT2D eigenvalue weighted by Gasteiger charge is 2.40. The van der Waals surface area contributed by atoms with Crippen molar-refractivity contribution in [2.24, 2.45) is 0 Å². The maximum Gasteiger partial charge on any atom is 0.226 e. The van der Waals surface area contributed by atoms with Crippen LogP contribution in [0.25, 0.3) is 0 Å². The zero-order valence-corrected chi connectivity index (χ0v) is 16.4. The lowest BCUT2D eigenvalue weighted by Crippen LogP contribution is -2.33. The molecular weight excluding hydrogens is 368 g/mol. The maximum absolute atomic E-state index is 13.3. The second-order valence-corrected chi connectivity index (χ2v) is 7.40. The third kappa shape index (κ3) is 3.03. The van der Waals surface area contributed by atoms with Gasteiger partial charge in [-0.05, 0) is 50.1 Å². The van der Waals surface area contributed by atoms with E-state index in [-0.39, 0.29) is 17.7 Å². The van der Waals surface area contributed by atoms with Crippen LogP contribution in [0.3, 0.4) is 0 Å². The first-order valence-electron chi connectivity index (χ1n) is 9.86. The number of carbonyl (C=O) groups excluding carboxylic acids is 1. The molecular formula is C22H22N4O3. The average molecular weight is 390 g/mol. The number of carbonyl (C=O) groups is 1. The summed E-state index contributed by atoms with van der Waals surface area (Å²) in [5.41, 5.74) is 2.61. The van der Waals surface area contributed by atoms with Gasteiger partial charge in [-0.2, -0.15) is 10.1 Å². The Hall–Kier alpha value is -3.35. The number of allylic oxidation sites excluding steroid dienone is 2. The smallest absolute Gasteiger partial charge is 0.226 e. The molecule has 0 spiro atoms. The molecule has 0 radical (unpaired) electrons. The Labute approximate surface area is 168 Å². The number of hydrogen-bond donors (Lipinski definition) is 1. The first-order chi connectivity index (χ1) is 14.1. The maximum atomic E-state index is 13.3. The van der Waals surface area contributed by atoms with E-state index in [2.05, 4.69) is 15.4 Å². The van der Waals surface area contributed by atoms with Gasteiger partial charge in [-0.3, -0.25) is 4.79 Å². The summed E-state index contributed by atoms with van der Waals surface area (Å²) in [7, 11) is 0. The van der Waals surface area contributed by atoms with Gasteiger partial charge in [0.05, 0.1) is 12.9 Å². The Morgan fingerprint density at radius 3 is 2.97 bits per heavy atom. The van der Waals surface area contributed by atoms with Crippen LogP contribution in [0, 0.1) is 6.92 Å². The molecule has 2 atom stereocenters. The normalized spacial score (nSPS) is 20.8. The van der Waals surface area contributed by atoms with Gasteiger partial charge in [0.2, 0.25) is 5.95 Å². The Balaban J connectivity index is 1.62. The summed E-state index contributed by atoms with van der Waals surface area (Å²) in [5, 5.41) is 7.93. The number of ether oxygens (including phenoxy) is 1. The molecule has 148 valence electrons. The minimum Gasteiger partial charge on any atom is -0.494 e. The second kappa shape index (κ2) is 6.92. The molecule has 1 aliphatic heterocycles. The third-order valence-corrected chi connectivity index (χ3v) is 5.46. The molecule has 29 heavy (non-hydrogen) atoms. The SMILES string of the molecule is CCOc1cccc([C@@H]2C3=C(C[C@H](c4ccco4)CC3=O)Nc3nc(C)nn32)c1. The fourth-order valence-corrected chi connectivity index (χ4v) is 4.29. The Morgan fingerprint density at radius 1 is 1.28 bits per heavy atom. The van der Waals surface area contributed by atoms with Crippen molar-refractivity contribution < 1.29 is 13.9 Å². The topological polar surface area (TPSA) is 82.2 Å². The Morgan fingerprint density at radius 2 is 2.17 bits per heavy atom. The van der Waals surface area contributed by atoms with Gasteiger partial charge in [0, 0.05) is 23.6 Å². The van der Waals surface area contributed by atoms with Gasteiger partial charge in [-0.15, -0.1) is 0 Å². The summed E-state index contributed by atoms with van der Waals surface area (Å²) >= 11 is 0. The van der Waals surface area contributed by atoms with E-state index >= 15 is 0 Å². The van der Waals surface area contributed by atoms with E-state index in [0.29, 0.717) is 31.2 Å². The number of Topliss-reactive ketones (excluding diaryl/α,β-unsaturated/α-hetero) is 1. The van der Waals surface area contributed by atoms with Crippen LogP contribution in [0.15, 0.2) is 58.3 Å². The molecule has 1 N–H and O–H groups in total. The number of fused-ring (bicyclic) bond motifs is 1. The molecule has 3 aromatic rings. The highest BCUT2D eigenvalue weighted by molar-refractivity contribution is 6.00. The van der Waals surface area contributed by atoms with Gasteiger partial charge in [0.25, 0.3) is 0 Å². The lowest BCUT2D eigenvalue weighted by atomic mass is 9.79. The predicted molar refractivity (Wildman–Crippen MR) is 107 cm³/mol. The number of nitrogens with one attached hydrogen (secondary N) is 1. The zero-order chi connectivity index (χ0) is 20.0. The van der Waals surface area contributed by atoms with Gasteiger partial charge in [-0.1, -0.05) is 12.1 Å². The lowest BCUT2D eigenvalue weighted by molar-refractivity contribution is -0.117. The molecule has 0 saturated carbocycles. The molecule has 0 unspecified atom stereocenters. The number of aryl methyl sites for hydroxylation is 1. The second-order valence-electron chi connectivity index (χ2n) is 7.40. The van der Waals surface area contributed by atoms with Crippen molar-refractivity contribution in [3.8, 4) is 5.75 Å². The number of anilines is 1. The quantitative estimate of drug-likeness (QED) is 0.725. The number of ketones is 1. The number of benzene rings is 1. The summed E-state index contributed by atoms with van der Waals surface area (Å²) in [4.78, 5) is 17.8. The van der Waals surface area contributed by atoms with Crippen molar-refractivity contribution in [1.82, 2.24) is 14.8 Å². The van der Waals surface area contributed by atoms with Crippen LogP contribution in [0.5, 0.6) is 5.75 Å². The van der Waals surface area contributed by atoms with Crippen molar-refractivity contribution in [3.63, 3.8) is 0 Å². The van der Waals surface area contributed by atoms with Crippen LogP contribution in [-0.2, 0) is 4.79 Å². The van der Waals surface area contributed by atoms with Crippen LogP contribution in [0.4, 0.5) is 5.95 Å². The van der Waals surface area contributed by atoms with Crippen LogP contribution in [0.2, 0.25) is 0 Å². The van der Waals surface area contributed by atoms with E-state index in [1.807, 2.05) is 54.9 Å². The van der Waals surface area contributed by atoms with Gasteiger partial charge in [0.1, 0.15) is 23.4 Å². The van der Waals surface area contributed by atoms with Crippen molar-refractivity contribution >= 4 is 11.7 Å². The van der Waals surface area contributed by atoms with Gasteiger partial charge < -0.3 is 14.5 Å². The van der Waals surface area contributed by atoms with Crippen molar-refractivity contribution in [3.05, 3.63) is 71.1 Å².